The number of halogens is 1. The van der Waals surface area contributed by atoms with Gasteiger partial charge in [0.1, 0.15) is 5.58 Å². The van der Waals surface area contributed by atoms with Crippen LogP contribution < -0.4 is 16.3 Å². The molecule has 0 saturated heterocycles. The van der Waals surface area contributed by atoms with E-state index in [1.165, 1.54) is 6.07 Å². The first-order chi connectivity index (χ1) is 14.8. The van der Waals surface area contributed by atoms with Gasteiger partial charge < -0.3 is 15.1 Å². The van der Waals surface area contributed by atoms with Crippen LogP contribution >= 0.6 is 23.8 Å². The lowest BCUT2D eigenvalue weighted by molar-refractivity contribution is 0.560. The maximum atomic E-state index is 11.7. The molecule has 31 heavy (non-hydrogen) atoms. The predicted octanol–water partition coefficient (Wildman–Crippen LogP) is 5.43. The highest BCUT2D eigenvalue weighted by atomic mass is 35.5. The van der Waals surface area contributed by atoms with Crippen molar-refractivity contribution in [2.45, 2.75) is 27.3 Å². The summed E-state index contributed by atoms with van der Waals surface area (Å²) in [5.74, 6) is 0. The number of hydrogen-bond acceptors (Lipinski definition) is 4. The van der Waals surface area contributed by atoms with Crippen LogP contribution in [0, 0.1) is 20.8 Å². The number of aromatic nitrogens is 2. The van der Waals surface area contributed by atoms with Gasteiger partial charge >= 0.3 is 5.63 Å². The predicted molar refractivity (Wildman–Crippen MR) is 129 cm³/mol. The van der Waals surface area contributed by atoms with Crippen LogP contribution in [0.1, 0.15) is 22.5 Å². The van der Waals surface area contributed by atoms with Crippen molar-refractivity contribution in [1.82, 2.24) is 9.78 Å². The normalized spacial score (nSPS) is 11.0. The van der Waals surface area contributed by atoms with E-state index in [4.69, 9.17) is 28.2 Å². The van der Waals surface area contributed by atoms with E-state index in [9.17, 15) is 4.79 Å². The fourth-order valence-electron chi connectivity index (χ4n) is 3.50. The Balaban J connectivity index is 1.52. The standard InChI is InChI=1S/C23H21ClN4O2S/c1-13-10-21(29)30-20-11-17(8-9-18(13)20)25-23(31)26-22-14(2)27-28(15(22)3)12-16-6-4-5-7-19(16)24/h4-11H,12H2,1-3H3,(H2,25,26,31). The largest absolute Gasteiger partial charge is 0.423 e. The molecule has 4 rings (SSSR count). The van der Waals surface area contributed by atoms with Gasteiger partial charge in [-0.15, -0.1) is 0 Å². The molecule has 0 saturated carbocycles. The van der Waals surface area contributed by atoms with Gasteiger partial charge in [-0.25, -0.2) is 4.79 Å². The summed E-state index contributed by atoms with van der Waals surface area (Å²) in [4.78, 5) is 11.7. The van der Waals surface area contributed by atoms with Gasteiger partial charge in [0.25, 0.3) is 0 Å². The Morgan fingerprint density at radius 3 is 2.68 bits per heavy atom. The smallest absolute Gasteiger partial charge is 0.336 e. The zero-order chi connectivity index (χ0) is 22.1. The van der Waals surface area contributed by atoms with Crippen LogP contribution in [0.25, 0.3) is 11.0 Å². The minimum absolute atomic E-state index is 0.375. The molecule has 0 aliphatic heterocycles. The number of thiocarbonyl (C=S) groups is 1. The average molecular weight is 453 g/mol. The lowest BCUT2D eigenvalue weighted by atomic mass is 10.1. The van der Waals surface area contributed by atoms with E-state index in [1.807, 2.05) is 61.9 Å². The first kappa shape index (κ1) is 21.1. The van der Waals surface area contributed by atoms with Crippen molar-refractivity contribution < 1.29 is 4.42 Å². The van der Waals surface area contributed by atoms with Crippen LogP contribution in [0.3, 0.4) is 0 Å². The van der Waals surface area contributed by atoms with Crippen LogP contribution in [0.5, 0.6) is 0 Å². The molecule has 0 fully saturated rings. The van der Waals surface area contributed by atoms with E-state index in [-0.39, 0.29) is 5.63 Å². The van der Waals surface area contributed by atoms with Gasteiger partial charge in [0.2, 0.25) is 0 Å². The number of nitrogens with one attached hydrogen (secondary N) is 2. The Hall–Kier alpha value is -3.16. The van der Waals surface area contributed by atoms with Gasteiger partial charge in [-0.1, -0.05) is 29.8 Å². The van der Waals surface area contributed by atoms with Crippen LogP contribution in [0.4, 0.5) is 11.4 Å². The van der Waals surface area contributed by atoms with Crippen LogP contribution in [0.15, 0.2) is 57.7 Å². The maximum absolute atomic E-state index is 11.7. The molecule has 0 unspecified atom stereocenters. The molecule has 0 aliphatic rings. The summed E-state index contributed by atoms with van der Waals surface area (Å²) in [5, 5.41) is 13.0. The fourth-order valence-corrected chi connectivity index (χ4v) is 3.91. The van der Waals surface area contributed by atoms with Gasteiger partial charge in [0, 0.05) is 28.2 Å². The van der Waals surface area contributed by atoms with E-state index < -0.39 is 0 Å². The minimum Gasteiger partial charge on any atom is -0.423 e. The van der Waals surface area contributed by atoms with Crippen LogP contribution in [0.2, 0.25) is 5.02 Å². The molecule has 2 N–H and O–H groups in total. The molecule has 2 aromatic carbocycles. The molecular weight excluding hydrogens is 432 g/mol. The Bertz CT molecular complexity index is 1360. The summed E-state index contributed by atoms with van der Waals surface area (Å²) in [6.45, 7) is 6.35. The van der Waals surface area contributed by atoms with E-state index in [2.05, 4.69) is 15.7 Å². The maximum Gasteiger partial charge on any atom is 0.336 e. The highest BCUT2D eigenvalue weighted by Crippen LogP contribution is 2.24. The molecule has 0 spiro atoms. The molecular formula is C23H21ClN4O2S. The Morgan fingerprint density at radius 1 is 1.13 bits per heavy atom. The third-order valence-electron chi connectivity index (χ3n) is 5.11. The van der Waals surface area contributed by atoms with Crippen molar-refractivity contribution in [3.8, 4) is 0 Å². The van der Waals surface area contributed by atoms with E-state index in [0.29, 0.717) is 22.3 Å². The van der Waals surface area contributed by atoms with E-state index in [1.54, 1.807) is 6.07 Å². The molecule has 2 aromatic heterocycles. The topological polar surface area (TPSA) is 72.1 Å². The number of hydrogen-bond donors (Lipinski definition) is 2. The molecule has 8 heteroatoms. The first-order valence-corrected chi connectivity index (χ1v) is 10.5. The van der Waals surface area contributed by atoms with E-state index in [0.717, 1.165) is 39.3 Å². The second-order valence-corrected chi connectivity index (χ2v) is 8.15. The zero-order valence-electron chi connectivity index (χ0n) is 17.3. The molecule has 0 amide bonds. The lowest BCUT2D eigenvalue weighted by Crippen LogP contribution is -2.20. The summed E-state index contributed by atoms with van der Waals surface area (Å²) in [5.41, 5.74) is 5.34. The Kier molecular flexibility index (Phi) is 5.80. The van der Waals surface area contributed by atoms with Gasteiger partial charge in [0.05, 0.1) is 23.6 Å². The summed E-state index contributed by atoms with van der Waals surface area (Å²) in [6.07, 6.45) is 0. The fraction of sp³-hybridized carbons (Fsp3) is 0.174. The summed E-state index contributed by atoms with van der Waals surface area (Å²) in [7, 11) is 0. The second kappa shape index (κ2) is 8.53. The first-order valence-electron chi connectivity index (χ1n) is 9.72. The molecule has 158 valence electrons. The number of anilines is 2. The third kappa shape index (κ3) is 4.47. The summed E-state index contributed by atoms with van der Waals surface area (Å²) in [6, 6.07) is 14.7. The number of fused-ring (bicyclic) bond motifs is 1. The number of benzene rings is 2. The van der Waals surface area contributed by atoms with Crippen molar-refractivity contribution in [3.05, 3.63) is 86.5 Å². The van der Waals surface area contributed by atoms with Gasteiger partial charge in [0.15, 0.2) is 5.11 Å². The summed E-state index contributed by atoms with van der Waals surface area (Å²) < 4.78 is 7.21. The third-order valence-corrected chi connectivity index (χ3v) is 5.68. The Labute approximate surface area is 189 Å². The molecule has 0 aliphatic carbocycles. The SMILES string of the molecule is Cc1nn(Cc2ccccc2Cl)c(C)c1NC(=S)Nc1ccc2c(C)cc(=O)oc2c1. The number of nitrogens with zero attached hydrogens (tertiary/aromatic N) is 2. The monoisotopic (exact) mass is 452 g/mol. The van der Waals surface area contributed by atoms with Crippen LogP contribution in [-0.2, 0) is 6.54 Å². The number of aryl methyl sites for hydroxylation is 2. The molecule has 0 bridgehead atoms. The minimum atomic E-state index is -0.375. The Morgan fingerprint density at radius 2 is 1.90 bits per heavy atom. The van der Waals surface area contributed by atoms with Crippen molar-refractivity contribution in [2.24, 2.45) is 0 Å². The van der Waals surface area contributed by atoms with Crippen molar-refractivity contribution >= 4 is 51.3 Å². The number of rotatable bonds is 4. The van der Waals surface area contributed by atoms with Gasteiger partial charge in [-0.05, 0) is 62.3 Å². The van der Waals surface area contributed by atoms with Crippen LogP contribution in [-0.4, -0.2) is 14.9 Å². The zero-order valence-corrected chi connectivity index (χ0v) is 18.9. The van der Waals surface area contributed by atoms with Crippen molar-refractivity contribution in [3.63, 3.8) is 0 Å². The average Bonchev–Trinajstić information content (AvgIpc) is 2.96. The van der Waals surface area contributed by atoms with Gasteiger partial charge in [-0.2, -0.15) is 5.10 Å². The molecule has 0 radical (unpaired) electrons. The van der Waals surface area contributed by atoms with Crippen molar-refractivity contribution in [1.29, 1.82) is 0 Å². The quantitative estimate of drug-likeness (QED) is 0.318. The molecule has 6 nitrogen and oxygen atoms in total. The highest BCUT2D eigenvalue weighted by Gasteiger charge is 2.14. The molecule has 2 heterocycles. The van der Waals surface area contributed by atoms with Crippen molar-refractivity contribution in [2.75, 3.05) is 10.6 Å². The second-order valence-electron chi connectivity index (χ2n) is 7.33. The summed E-state index contributed by atoms with van der Waals surface area (Å²) >= 11 is 11.8. The molecule has 0 atom stereocenters. The van der Waals surface area contributed by atoms with E-state index >= 15 is 0 Å². The molecule has 4 aromatic rings. The lowest BCUT2D eigenvalue weighted by Gasteiger charge is -2.12. The van der Waals surface area contributed by atoms with Gasteiger partial charge in [-0.3, -0.25) is 4.68 Å². The highest BCUT2D eigenvalue weighted by molar-refractivity contribution is 7.80.